The number of aromatic nitrogens is 4. The number of hydrogen-bond donors (Lipinski definition) is 2. The number of hydrogen-bond acceptors (Lipinski definition) is 10. The first-order valence-electron chi connectivity index (χ1n) is 23.8. The SMILES string of the molecule is Cn1nc(/C=C/c2ccccc2)c2ccc(Sc3cccc(N4C(=O)c5ccccc5C4=O)c3)cc21.Cn1nc(I)c2ccc(Sc3cccc(N4C(=O)c5ccccc5C4=O)c3)cc21.OB(O)/C=C/c1ccccc1. The van der Waals surface area contributed by atoms with Gasteiger partial charge in [-0.15, -0.1) is 0 Å². The number of carbonyl (C=O) groups is 4. The Morgan fingerprint density at radius 1 is 0.447 bits per heavy atom. The normalized spacial score (nSPS) is 12.9. The highest BCUT2D eigenvalue weighted by molar-refractivity contribution is 14.1. The van der Waals surface area contributed by atoms with Gasteiger partial charge >= 0.3 is 7.12 Å². The number of fused-ring (bicyclic) bond motifs is 4. The smallest absolute Gasteiger partial charge is 0.424 e. The van der Waals surface area contributed by atoms with Crippen LogP contribution in [0.3, 0.4) is 0 Å². The van der Waals surface area contributed by atoms with Crippen LogP contribution in [-0.4, -0.2) is 60.4 Å². The molecule has 12 rings (SSSR count). The minimum atomic E-state index is -1.37. The molecule has 0 saturated heterocycles. The van der Waals surface area contributed by atoms with E-state index in [1.165, 1.54) is 15.8 Å². The van der Waals surface area contributed by atoms with E-state index in [1.54, 1.807) is 90.3 Å². The molecule has 8 aromatic carbocycles. The number of halogens is 1. The number of rotatable bonds is 10. The first-order chi connectivity index (χ1) is 36.9. The van der Waals surface area contributed by atoms with Crippen molar-refractivity contribution in [3.63, 3.8) is 0 Å². The quantitative estimate of drug-likeness (QED) is 0.0769. The second kappa shape index (κ2) is 22.8. The summed E-state index contributed by atoms with van der Waals surface area (Å²) in [5.74, 6) is 0.183. The molecular weight excluding hydrogens is 1100 g/mol. The summed E-state index contributed by atoms with van der Waals surface area (Å²) in [4.78, 5) is 57.8. The van der Waals surface area contributed by atoms with Crippen LogP contribution in [0.5, 0.6) is 0 Å². The van der Waals surface area contributed by atoms with E-state index in [2.05, 4.69) is 82.3 Å². The van der Waals surface area contributed by atoms with Crippen molar-refractivity contribution in [3.05, 3.63) is 243 Å². The van der Waals surface area contributed by atoms with E-state index in [-0.39, 0.29) is 23.6 Å². The molecular formula is C60H44BIN6O6S2. The summed E-state index contributed by atoms with van der Waals surface area (Å²) < 4.78 is 4.74. The summed E-state index contributed by atoms with van der Waals surface area (Å²) in [7, 11) is 2.51. The molecule has 0 spiro atoms. The third-order valence-electron chi connectivity index (χ3n) is 12.3. The predicted molar refractivity (Wildman–Crippen MR) is 311 cm³/mol. The van der Waals surface area contributed by atoms with Gasteiger partial charge in [0.25, 0.3) is 23.6 Å². The summed E-state index contributed by atoms with van der Waals surface area (Å²) in [5, 5.41) is 28.3. The molecule has 2 aliphatic rings. The van der Waals surface area contributed by atoms with E-state index in [0.717, 1.165) is 61.9 Å². The van der Waals surface area contributed by atoms with Crippen LogP contribution in [0.2, 0.25) is 0 Å². The summed E-state index contributed by atoms with van der Waals surface area (Å²) in [6.45, 7) is 0. The lowest BCUT2D eigenvalue weighted by atomic mass is 9.91. The van der Waals surface area contributed by atoms with E-state index < -0.39 is 7.12 Å². The van der Waals surface area contributed by atoms with Gasteiger partial charge in [0.1, 0.15) is 3.70 Å². The Morgan fingerprint density at radius 3 is 1.33 bits per heavy atom. The molecule has 16 heteroatoms. The molecule has 2 aromatic heterocycles. The highest BCUT2D eigenvalue weighted by Crippen LogP contribution is 2.37. The monoisotopic (exact) mass is 1150 g/mol. The van der Waals surface area contributed by atoms with Crippen molar-refractivity contribution in [3.8, 4) is 0 Å². The number of aryl methyl sites for hydroxylation is 2. The average molecular weight is 1150 g/mol. The van der Waals surface area contributed by atoms with E-state index in [9.17, 15) is 19.2 Å². The number of carbonyl (C=O) groups excluding carboxylic acids is 4. The van der Waals surface area contributed by atoms with Crippen molar-refractivity contribution < 1.29 is 29.2 Å². The van der Waals surface area contributed by atoms with Gasteiger partial charge in [-0.2, -0.15) is 10.2 Å². The zero-order valence-corrected chi connectivity index (χ0v) is 44.6. The molecule has 4 heterocycles. The van der Waals surface area contributed by atoms with Crippen molar-refractivity contribution in [2.75, 3.05) is 9.80 Å². The number of nitrogens with zero attached hydrogens (tertiary/aromatic N) is 6. The second-order valence-corrected chi connectivity index (χ2v) is 20.7. The van der Waals surface area contributed by atoms with Gasteiger partial charge < -0.3 is 10.0 Å². The molecule has 0 unspecified atom stereocenters. The molecule has 0 bridgehead atoms. The third-order valence-corrected chi connectivity index (χ3v) is 15.1. The van der Waals surface area contributed by atoms with Gasteiger partial charge in [-0.3, -0.25) is 28.5 Å². The molecule has 0 fully saturated rings. The Balaban J connectivity index is 0.000000147. The minimum absolute atomic E-state index is 0.279. The molecule has 4 amide bonds. The van der Waals surface area contributed by atoms with Crippen LogP contribution in [0.15, 0.2) is 220 Å². The molecule has 2 N–H and O–H groups in total. The van der Waals surface area contributed by atoms with Crippen LogP contribution in [0, 0.1) is 3.70 Å². The fraction of sp³-hybridized carbons (Fsp3) is 0.0333. The van der Waals surface area contributed by atoms with Gasteiger partial charge in [0, 0.05) is 44.4 Å². The van der Waals surface area contributed by atoms with E-state index in [1.807, 2.05) is 114 Å². The Morgan fingerprint density at radius 2 is 0.855 bits per heavy atom. The topological polar surface area (TPSA) is 151 Å². The van der Waals surface area contributed by atoms with Crippen molar-refractivity contribution >= 4 is 128 Å². The maximum Gasteiger partial charge on any atom is 0.480 e. The number of benzene rings is 8. The van der Waals surface area contributed by atoms with E-state index in [0.29, 0.717) is 33.6 Å². The van der Waals surface area contributed by atoms with Crippen molar-refractivity contribution in [2.24, 2.45) is 14.1 Å². The molecule has 12 nitrogen and oxygen atoms in total. The Labute approximate surface area is 460 Å². The molecule has 0 atom stereocenters. The van der Waals surface area contributed by atoms with Crippen LogP contribution in [-0.2, 0) is 14.1 Å². The fourth-order valence-corrected chi connectivity index (χ4v) is 11.3. The van der Waals surface area contributed by atoms with Gasteiger partial charge in [0.15, 0.2) is 0 Å². The van der Waals surface area contributed by atoms with Gasteiger partial charge in [-0.25, -0.2) is 9.80 Å². The molecule has 2 aliphatic heterocycles. The standard InChI is InChI=1S/C30H21N3O2S.C22H14IN3O2S.C8H9BO2/c1-32-28-19-23(15-16-26(28)27(31-32)17-14-20-8-3-2-4-9-20)36-22-11-7-10-21(18-22)33-29(34)24-12-5-6-13-25(24)30(33)35;1-25-19-12-15(9-10-18(19)20(23)24-25)29-14-6-4-5-13(11-14)26-21(27)16-7-2-3-8-17(16)22(26)28;10-9(11)7-6-8-4-2-1-3-5-8/h2-19H,1H3;2-12H,1H3;1-7,10-11H/b17-14+;;7-6+. The van der Waals surface area contributed by atoms with Crippen LogP contribution >= 0.6 is 46.1 Å². The van der Waals surface area contributed by atoms with E-state index >= 15 is 0 Å². The lowest BCUT2D eigenvalue weighted by Gasteiger charge is -2.15. The highest BCUT2D eigenvalue weighted by atomic mass is 127. The Kier molecular flexibility index (Phi) is 15.4. The highest BCUT2D eigenvalue weighted by Gasteiger charge is 2.37. The third kappa shape index (κ3) is 11.1. The van der Waals surface area contributed by atoms with Crippen LogP contribution in [0.4, 0.5) is 11.4 Å². The van der Waals surface area contributed by atoms with Crippen LogP contribution < -0.4 is 9.80 Å². The minimum Gasteiger partial charge on any atom is -0.424 e. The fourth-order valence-electron chi connectivity index (χ4n) is 8.70. The molecule has 76 heavy (non-hydrogen) atoms. The molecule has 0 aliphatic carbocycles. The van der Waals surface area contributed by atoms with Crippen LogP contribution in [0.25, 0.3) is 40.0 Å². The number of imide groups is 2. The van der Waals surface area contributed by atoms with Gasteiger partial charge in [-0.05, 0) is 137 Å². The van der Waals surface area contributed by atoms with Crippen molar-refractivity contribution in [1.82, 2.24) is 19.6 Å². The average Bonchev–Trinajstić information content (AvgIpc) is 4.11. The van der Waals surface area contributed by atoms with Crippen LogP contribution in [0.1, 0.15) is 58.3 Å². The van der Waals surface area contributed by atoms with Gasteiger partial charge in [-0.1, -0.05) is 139 Å². The zero-order chi connectivity index (χ0) is 52.9. The zero-order valence-electron chi connectivity index (χ0n) is 40.8. The Bertz CT molecular complexity index is 3850. The summed E-state index contributed by atoms with van der Waals surface area (Å²) in [5.41, 5.74) is 8.04. The number of anilines is 2. The molecule has 0 radical (unpaired) electrons. The van der Waals surface area contributed by atoms with Gasteiger partial charge in [0.2, 0.25) is 0 Å². The van der Waals surface area contributed by atoms with Crippen molar-refractivity contribution in [2.45, 2.75) is 19.6 Å². The lowest BCUT2D eigenvalue weighted by molar-refractivity contribution is 0.0910. The largest absolute Gasteiger partial charge is 0.480 e. The van der Waals surface area contributed by atoms with E-state index in [4.69, 9.17) is 15.1 Å². The maximum atomic E-state index is 12.9. The maximum absolute atomic E-state index is 12.9. The number of amides is 4. The molecule has 0 saturated carbocycles. The predicted octanol–water partition coefficient (Wildman–Crippen LogP) is 12.5. The first-order valence-corrected chi connectivity index (χ1v) is 26.5. The lowest BCUT2D eigenvalue weighted by Crippen LogP contribution is -2.29. The Hall–Kier alpha value is -8.13. The molecule has 10 aromatic rings. The second-order valence-electron chi connectivity index (χ2n) is 17.4. The molecule has 372 valence electrons. The first kappa shape index (κ1) is 51.4. The van der Waals surface area contributed by atoms with Crippen molar-refractivity contribution in [1.29, 1.82) is 0 Å². The van der Waals surface area contributed by atoms with Gasteiger partial charge in [0.05, 0.1) is 50.4 Å². The summed E-state index contributed by atoms with van der Waals surface area (Å²) in [6, 6.07) is 61.0. The summed E-state index contributed by atoms with van der Waals surface area (Å²) >= 11 is 5.40. The summed E-state index contributed by atoms with van der Waals surface area (Å²) in [6.07, 6.45) is 5.76.